The Labute approximate surface area is 164 Å². The number of furan rings is 1. The van der Waals surface area contributed by atoms with Gasteiger partial charge in [0.25, 0.3) is 0 Å². The van der Waals surface area contributed by atoms with Crippen molar-refractivity contribution in [2.75, 3.05) is 24.7 Å². The second kappa shape index (κ2) is 8.89. The molecule has 2 unspecified atom stereocenters. The second-order valence-corrected chi connectivity index (χ2v) is 9.34. The lowest BCUT2D eigenvalue weighted by Gasteiger charge is -2.29. The van der Waals surface area contributed by atoms with Gasteiger partial charge in [-0.15, -0.1) is 0 Å². The first-order valence-corrected chi connectivity index (χ1v) is 11.0. The summed E-state index contributed by atoms with van der Waals surface area (Å²) in [6.07, 6.45) is 1.29. The van der Waals surface area contributed by atoms with Crippen LogP contribution in [0.4, 0.5) is 0 Å². The fraction of sp³-hybridized carbons (Fsp3) is 0.450. The molecule has 1 aliphatic heterocycles. The molecular weight excluding hydrogens is 382 g/mol. The van der Waals surface area contributed by atoms with Crippen LogP contribution < -0.4 is 4.74 Å². The zero-order chi connectivity index (χ0) is 20.1. The van der Waals surface area contributed by atoms with Crippen molar-refractivity contribution < 1.29 is 27.5 Å². The SMILES string of the molecule is CC(=O)c1cccc(OCC(O)CN(Cc2ccco2)C2CCS(=O)(=O)C2)c1. The van der Waals surface area contributed by atoms with E-state index in [2.05, 4.69) is 0 Å². The molecule has 8 heteroatoms. The lowest BCUT2D eigenvalue weighted by atomic mass is 10.1. The van der Waals surface area contributed by atoms with Gasteiger partial charge in [0.2, 0.25) is 0 Å². The number of benzene rings is 1. The smallest absolute Gasteiger partial charge is 0.159 e. The molecule has 0 aliphatic carbocycles. The van der Waals surface area contributed by atoms with E-state index in [1.165, 1.54) is 6.92 Å². The summed E-state index contributed by atoms with van der Waals surface area (Å²) >= 11 is 0. The summed E-state index contributed by atoms with van der Waals surface area (Å²) in [6.45, 7) is 2.20. The zero-order valence-corrected chi connectivity index (χ0v) is 16.6. The molecule has 3 rings (SSSR count). The summed E-state index contributed by atoms with van der Waals surface area (Å²) in [4.78, 5) is 13.4. The highest BCUT2D eigenvalue weighted by atomic mass is 32.2. The molecule has 1 N–H and O–H groups in total. The molecule has 0 spiro atoms. The van der Waals surface area contributed by atoms with Crippen LogP contribution in [-0.4, -0.2) is 61.0 Å². The molecule has 0 bridgehead atoms. The molecule has 1 fully saturated rings. The lowest BCUT2D eigenvalue weighted by Crippen LogP contribution is -2.42. The van der Waals surface area contributed by atoms with Gasteiger partial charge in [0.1, 0.15) is 24.2 Å². The number of rotatable bonds is 9. The van der Waals surface area contributed by atoms with Crippen LogP contribution in [0.3, 0.4) is 0 Å². The van der Waals surface area contributed by atoms with Crippen LogP contribution in [0.1, 0.15) is 29.5 Å². The maximum absolute atomic E-state index is 11.9. The van der Waals surface area contributed by atoms with Crippen molar-refractivity contribution in [3.63, 3.8) is 0 Å². The quantitative estimate of drug-likeness (QED) is 0.634. The Bertz CT molecular complexity index is 893. The standard InChI is InChI=1S/C20H25NO6S/c1-15(22)16-4-2-5-19(10-16)27-13-18(23)11-21(12-20-6-3-8-26-20)17-7-9-28(24,25)14-17/h2-6,8,10,17-18,23H,7,9,11-14H2,1H3. The van der Waals surface area contributed by atoms with Gasteiger partial charge < -0.3 is 14.3 Å². The van der Waals surface area contributed by atoms with E-state index in [1.807, 2.05) is 11.0 Å². The largest absolute Gasteiger partial charge is 0.491 e. The van der Waals surface area contributed by atoms with E-state index in [-0.39, 0.29) is 36.5 Å². The number of carbonyl (C=O) groups is 1. The minimum Gasteiger partial charge on any atom is -0.491 e. The fourth-order valence-corrected chi connectivity index (χ4v) is 5.09. The van der Waals surface area contributed by atoms with Crippen molar-refractivity contribution in [2.45, 2.75) is 32.0 Å². The van der Waals surface area contributed by atoms with Crippen molar-refractivity contribution >= 4 is 15.6 Å². The number of aliphatic hydroxyl groups excluding tert-OH is 1. The first-order valence-electron chi connectivity index (χ1n) is 9.21. The van der Waals surface area contributed by atoms with Gasteiger partial charge in [0.15, 0.2) is 15.6 Å². The van der Waals surface area contributed by atoms with Gasteiger partial charge in [-0.05, 0) is 37.6 Å². The number of hydrogen-bond acceptors (Lipinski definition) is 7. The minimum atomic E-state index is -3.04. The predicted octanol–water partition coefficient (Wildman–Crippen LogP) is 1.91. The molecule has 2 atom stereocenters. The van der Waals surface area contributed by atoms with Gasteiger partial charge in [-0.25, -0.2) is 8.42 Å². The highest BCUT2D eigenvalue weighted by Crippen LogP contribution is 2.21. The van der Waals surface area contributed by atoms with Crippen LogP contribution in [0.25, 0.3) is 0 Å². The highest BCUT2D eigenvalue weighted by Gasteiger charge is 2.33. The maximum Gasteiger partial charge on any atom is 0.159 e. The lowest BCUT2D eigenvalue weighted by molar-refractivity contribution is 0.0497. The number of nitrogens with zero attached hydrogens (tertiary/aromatic N) is 1. The van der Waals surface area contributed by atoms with Gasteiger partial charge in [-0.2, -0.15) is 0 Å². The Morgan fingerprint density at radius 1 is 1.36 bits per heavy atom. The average molecular weight is 407 g/mol. The molecule has 0 saturated carbocycles. The normalized spacial score (nSPS) is 19.6. The van der Waals surface area contributed by atoms with Gasteiger partial charge in [-0.3, -0.25) is 9.69 Å². The first kappa shape index (κ1) is 20.6. The van der Waals surface area contributed by atoms with Crippen LogP contribution >= 0.6 is 0 Å². The third-order valence-corrected chi connectivity index (χ3v) is 6.54. The van der Waals surface area contributed by atoms with Crippen molar-refractivity contribution in [1.29, 1.82) is 0 Å². The third-order valence-electron chi connectivity index (χ3n) is 4.79. The summed E-state index contributed by atoms with van der Waals surface area (Å²) in [6, 6.07) is 10.2. The van der Waals surface area contributed by atoms with Crippen molar-refractivity contribution in [3.8, 4) is 5.75 Å². The summed E-state index contributed by atoms with van der Waals surface area (Å²) < 4.78 is 34.7. The molecule has 0 radical (unpaired) electrons. The number of Topliss-reactive ketones (excluding diaryl/α,β-unsaturated/α-hetero) is 1. The summed E-state index contributed by atoms with van der Waals surface area (Å²) in [5, 5.41) is 10.5. The van der Waals surface area contributed by atoms with Crippen molar-refractivity contribution in [1.82, 2.24) is 4.90 Å². The maximum atomic E-state index is 11.9. The van der Waals surface area contributed by atoms with Crippen LogP contribution in [0.15, 0.2) is 47.1 Å². The molecule has 1 aromatic heterocycles. The highest BCUT2D eigenvalue weighted by molar-refractivity contribution is 7.91. The third kappa shape index (κ3) is 5.67. The fourth-order valence-electron chi connectivity index (χ4n) is 3.33. The van der Waals surface area contributed by atoms with E-state index in [0.717, 1.165) is 0 Å². The van der Waals surface area contributed by atoms with Crippen molar-refractivity contribution in [3.05, 3.63) is 54.0 Å². The van der Waals surface area contributed by atoms with E-state index >= 15 is 0 Å². The molecular formula is C20H25NO6S. The van der Waals surface area contributed by atoms with Crippen LogP contribution in [0.2, 0.25) is 0 Å². The Balaban J connectivity index is 1.61. The number of ketones is 1. The van der Waals surface area contributed by atoms with Crippen LogP contribution in [0, 0.1) is 0 Å². The van der Waals surface area contributed by atoms with E-state index in [0.29, 0.717) is 30.0 Å². The van der Waals surface area contributed by atoms with Crippen LogP contribution in [0.5, 0.6) is 5.75 Å². The molecule has 152 valence electrons. The Morgan fingerprint density at radius 3 is 2.82 bits per heavy atom. The molecule has 1 aliphatic rings. The molecule has 28 heavy (non-hydrogen) atoms. The van der Waals surface area contributed by atoms with Gasteiger partial charge >= 0.3 is 0 Å². The molecule has 2 aromatic rings. The average Bonchev–Trinajstić information content (AvgIpc) is 3.29. The van der Waals surface area contributed by atoms with Gasteiger partial charge in [-0.1, -0.05) is 12.1 Å². The summed E-state index contributed by atoms with van der Waals surface area (Å²) in [7, 11) is -3.04. The van der Waals surface area contributed by atoms with E-state index < -0.39 is 15.9 Å². The Hall–Kier alpha value is -2.16. The Morgan fingerprint density at radius 2 is 2.18 bits per heavy atom. The molecule has 2 heterocycles. The number of hydrogen-bond donors (Lipinski definition) is 1. The van der Waals surface area contributed by atoms with E-state index in [1.54, 1.807) is 36.6 Å². The molecule has 1 saturated heterocycles. The van der Waals surface area contributed by atoms with Crippen LogP contribution in [-0.2, 0) is 16.4 Å². The van der Waals surface area contributed by atoms with E-state index in [4.69, 9.17) is 9.15 Å². The monoisotopic (exact) mass is 407 g/mol. The van der Waals surface area contributed by atoms with Gasteiger partial charge in [0.05, 0.1) is 24.3 Å². The predicted molar refractivity (Wildman–Crippen MR) is 104 cm³/mol. The number of ether oxygens (including phenoxy) is 1. The molecule has 7 nitrogen and oxygen atoms in total. The summed E-state index contributed by atoms with van der Waals surface area (Å²) in [5.74, 6) is 1.41. The minimum absolute atomic E-state index is 0.0372. The zero-order valence-electron chi connectivity index (χ0n) is 15.8. The van der Waals surface area contributed by atoms with E-state index in [9.17, 15) is 18.3 Å². The molecule has 1 aromatic carbocycles. The number of sulfone groups is 1. The number of aliphatic hydroxyl groups is 1. The number of carbonyl (C=O) groups excluding carboxylic acids is 1. The Kier molecular flexibility index (Phi) is 6.53. The first-order chi connectivity index (χ1) is 13.3. The van der Waals surface area contributed by atoms with Crippen molar-refractivity contribution in [2.24, 2.45) is 0 Å². The van der Waals surface area contributed by atoms with Gasteiger partial charge in [0, 0.05) is 18.2 Å². The molecule has 0 amide bonds. The topological polar surface area (TPSA) is 97.1 Å². The second-order valence-electron chi connectivity index (χ2n) is 7.11. The summed E-state index contributed by atoms with van der Waals surface area (Å²) in [5.41, 5.74) is 0.544.